The summed E-state index contributed by atoms with van der Waals surface area (Å²) in [5.74, 6) is -0.209. The number of halogens is 2. The summed E-state index contributed by atoms with van der Waals surface area (Å²) >= 11 is 11.9. The number of likely N-dealkylation sites (N-methyl/N-ethyl adjacent to an activating group) is 1. The van der Waals surface area contributed by atoms with Gasteiger partial charge in [0, 0.05) is 13.6 Å². The van der Waals surface area contributed by atoms with E-state index in [0.29, 0.717) is 27.9 Å². The first-order chi connectivity index (χ1) is 12.4. The van der Waals surface area contributed by atoms with Gasteiger partial charge in [-0.1, -0.05) is 55.6 Å². The summed E-state index contributed by atoms with van der Waals surface area (Å²) in [6, 6.07) is 5.44. The minimum absolute atomic E-state index is 0.00980. The van der Waals surface area contributed by atoms with E-state index in [1.807, 2.05) is 24.1 Å². The van der Waals surface area contributed by atoms with Crippen molar-refractivity contribution >= 4 is 29.1 Å². The Morgan fingerprint density at radius 2 is 2.04 bits per heavy atom. The Morgan fingerprint density at radius 3 is 2.69 bits per heavy atom. The zero-order chi connectivity index (χ0) is 19.3. The van der Waals surface area contributed by atoms with Gasteiger partial charge < -0.3 is 15.3 Å². The normalized spacial score (nSPS) is 17.2. The lowest BCUT2D eigenvalue weighted by Crippen LogP contribution is -2.35. The molecule has 2 N–H and O–H groups in total. The molecule has 142 valence electrons. The highest BCUT2D eigenvalue weighted by atomic mass is 35.5. The van der Waals surface area contributed by atoms with Crippen molar-refractivity contribution in [2.45, 2.75) is 45.1 Å². The van der Waals surface area contributed by atoms with E-state index in [1.54, 1.807) is 6.07 Å². The smallest absolute Gasteiger partial charge is 0.253 e. The first-order valence-electron chi connectivity index (χ1n) is 8.94. The highest BCUT2D eigenvalue weighted by Crippen LogP contribution is 2.32. The second kappa shape index (κ2) is 9.33. The van der Waals surface area contributed by atoms with Gasteiger partial charge in [0.1, 0.15) is 5.76 Å². The van der Waals surface area contributed by atoms with E-state index in [-0.39, 0.29) is 17.7 Å². The fourth-order valence-corrected chi connectivity index (χ4v) is 3.46. The zero-order valence-corrected chi connectivity index (χ0v) is 16.8. The first-order valence-corrected chi connectivity index (χ1v) is 9.69. The van der Waals surface area contributed by atoms with Gasteiger partial charge in [0.15, 0.2) is 0 Å². The number of rotatable bonds is 8. The lowest BCUT2D eigenvalue weighted by atomic mass is 10.0. The van der Waals surface area contributed by atoms with Crippen LogP contribution in [0.15, 0.2) is 41.8 Å². The third-order valence-electron chi connectivity index (χ3n) is 4.74. The maximum absolute atomic E-state index is 12.6. The van der Waals surface area contributed by atoms with Gasteiger partial charge in [0.25, 0.3) is 5.91 Å². The van der Waals surface area contributed by atoms with Crippen LogP contribution in [-0.2, 0) is 11.2 Å². The minimum Gasteiger partial charge on any atom is -0.505 e. The Kier molecular flexibility index (Phi) is 7.42. The van der Waals surface area contributed by atoms with Crippen molar-refractivity contribution in [3.63, 3.8) is 0 Å². The van der Waals surface area contributed by atoms with Crippen molar-refractivity contribution in [1.29, 1.82) is 0 Å². The molecule has 26 heavy (non-hydrogen) atoms. The molecule has 0 saturated carbocycles. The van der Waals surface area contributed by atoms with E-state index in [0.717, 1.165) is 37.7 Å². The molecule has 0 aliphatic carbocycles. The van der Waals surface area contributed by atoms with Crippen LogP contribution in [0.4, 0.5) is 0 Å². The number of nitrogens with zero attached hydrogens (tertiary/aromatic N) is 1. The first kappa shape index (κ1) is 20.7. The largest absolute Gasteiger partial charge is 0.505 e. The molecular weight excluding hydrogens is 371 g/mol. The molecule has 1 aliphatic rings. The number of benzene rings is 1. The number of hydrogen-bond acceptors (Lipinski definition) is 3. The third kappa shape index (κ3) is 4.74. The van der Waals surface area contributed by atoms with Gasteiger partial charge in [0.05, 0.1) is 27.4 Å². The van der Waals surface area contributed by atoms with Gasteiger partial charge in [-0.2, -0.15) is 0 Å². The predicted octanol–water partition coefficient (Wildman–Crippen LogP) is 4.87. The van der Waals surface area contributed by atoms with E-state index >= 15 is 0 Å². The monoisotopic (exact) mass is 396 g/mol. The van der Waals surface area contributed by atoms with Gasteiger partial charge in [0.2, 0.25) is 0 Å². The number of aliphatic hydroxyl groups is 1. The molecule has 1 aromatic carbocycles. The summed E-state index contributed by atoms with van der Waals surface area (Å²) < 4.78 is 0. The van der Waals surface area contributed by atoms with Crippen LogP contribution in [0.3, 0.4) is 0 Å². The molecule has 0 saturated heterocycles. The van der Waals surface area contributed by atoms with Crippen molar-refractivity contribution in [2.24, 2.45) is 0 Å². The molecule has 1 aromatic rings. The van der Waals surface area contributed by atoms with E-state index in [1.165, 1.54) is 0 Å². The van der Waals surface area contributed by atoms with Crippen LogP contribution in [0, 0.1) is 0 Å². The maximum Gasteiger partial charge on any atom is 0.253 e. The van der Waals surface area contributed by atoms with Gasteiger partial charge in [-0.3, -0.25) is 4.79 Å². The van der Waals surface area contributed by atoms with Gasteiger partial charge in [-0.15, -0.1) is 0 Å². The predicted molar refractivity (Wildman–Crippen MR) is 108 cm³/mol. The van der Waals surface area contributed by atoms with Crippen molar-refractivity contribution in [1.82, 2.24) is 10.2 Å². The number of unbranched alkanes of at least 4 members (excludes halogenated alkanes) is 1. The average Bonchev–Trinajstić information content (AvgIpc) is 2.83. The number of amides is 1. The number of hydrogen-bond donors (Lipinski definition) is 2. The zero-order valence-electron chi connectivity index (χ0n) is 15.3. The highest BCUT2D eigenvalue weighted by Gasteiger charge is 2.36. The standard InChI is InChI=1S/C20H26Cl2N2O2/c1-4-5-8-17-18(19(25)13(2)24(17)3)20(26)23-11-6-7-14-9-10-15(21)16(22)12-14/h9-10,12,17,25H,2,4-8,11H2,1,3H3,(H,23,26). The lowest BCUT2D eigenvalue weighted by molar-refractivity contribution is -0.118. The Morgan fingerprint density at radius 1 is 1.31 bits per heavy atom. The van der Waals surface area contributed by atoms with Crippen LogP contribution in [0.1, 0.15) is 38.2 Å². The SMILES string of the molecule is C=C1C(O)=C(C(=O)NCCCc2ccc(Cl)c(Cl)c2)C(CCCC)N1C. The molecule has 0 bridgehead atoms. The lowest BCUT2D eigenvalue weighted by Gasteiger charge is -2.24. The minimum atomic E-state index is -0.219. The summed E-state index contributed by atoms with van der Waals surface area (Å²) in [6.45, 7) is 6.50. The molecule has 1 atom stereocenters. The molecule has 0 fully saturated rings. The Labute approximate surface area is 165 Å². The second-order valence-corrected chi connectivity index (χ2v) is 7.40. The fourth-order valence-electron chi connectivity index (χ4n) is 3.14. The Bertz CT molecular complexity index is 716. The summed E-state index contributed by atoms with van der Waals surface area (Å²) in [4.78, 5) is 14.5. The third-order valence-corrected chi connectivity index (χ3v) is 5.48. The molecule has 4 nitrogen and oxygen atoms in total. The topological polar surface area (TPSA) is 52.6 Å². The fraction of sp³-hybridized carbons (Fsp3) is 0.450. The molecule has 1 heterocycles. The molecule has 1 aliphatic heterocycles. The molecule has 1 amide bonds. The number of carbonyl (C=O) groups is 1. The van der Waals surface area contributed by atoms with Crippen LogP contribution in [-0.4, -0.2) is 35.5 Å². The van der Waals surface area contributed by atoms with E-state index in [2.05, 4.69) is 18.8 Å². The number of carbonyl (C=O) groups excluding carboxylic acids is 1. The molecule has 0 spiro atoms. The van der Waals surface area contributed by atoms with Crippen LogP contribution in [0.5, 0.6) is 0 Å². The Balaban J connectivity index is 1.91. The summed E-state index contributed by atoms with van der Waals surface area (Å²) in [5, 5.41) is 14.3. The Hall–Kier alpha value is -1.65. The second-order valence-electron chi connectivity index (χ2n) is 6.59. The van der Waals surface area contributed by atoms with Crippen LogP contribution in [0.25, 0.3) is 0 Å². The van der Waals surface area contributed by atoms with Crippen LogP contribution < -0.4 is 5.32 Å². The number of nitrogens with one attached hydrogen (secondary N) is 1. The molecular formula is C20H26Cl2N2O2. The van der Waals surface area contributed by atoms with Crippen molar-refractivity contribution in [3.8, 4) is 0 Å². The quantitative estimate of drug-likeness (QED) is 0.616. The molecule has 6 heteroatoms. The van der Waals surface area contributed by atoms with Crippen LogP contribution in [0.2, 0.25) is 10.0 Å². The van der Waals surface area contributed by atoms with Gasteiger partial charge >= 0.3 is 0 Å². The average molecular weight is 397 g/mol. The van der Waals surface area contributed by atoms with Crippen molar-refractivity contribution < 1.29 is 9.90 Å². The van der Waals surface area contributed by atoms with Crippen LogP contribution >= 0.6 is 23.2 Å². The number of aryl methyl sites for hydroxylation is 1. The summed E-state index contributed by atoms with van der Waals surface area (Å²) in [6.07, 6.45) is 4.41. The van der Waals surface area contributed by atoms with Crippen molar-refractivity contribution in [3.05, 3.63) is 57.4 Å². The molecule has 0 aromatic heterocycles. The van der Waals surface area contributed by atoms with Crippen molar-refractivity contribution in [2.75, 3.05) is 13.6 Å². The summed E-state index contributed by atoms with van der Waals surface area (Å²) in [5.41, 5.74) is 2.01. The van der Waals surface area contributed by atoms with E-state index in [4.69, 9.17) is 23.2 Å². The number of aliphatic hydroxyl groups excluding tert-OH is 1. The van der Waals surface area contributed by atoms with Gasteiger partial charge in [-0.05, 0) is 37.0 Å². The van der Waals surface area contributed by atoms with Gasteiger partial charge in [-0.25, -0.2) is 0 Å². The summed E-state index contributed by atoms with van der Waals surface area (Å²) in [7, 11) is 1.86. The molecule has 0 radical (unpaired) electrons. The van der Waals surface area contributed by atoms with E-state index < -0.39 is 0 Å². The highest BCUT2D eigenvalue weighted by molar-refractivity contribution is 6.42. The molecule has 2 rings (SSSR count). The van der Waals surface area contributed by atoms with E-state index in [9.17, 15) is 9.90 Å². The maximum atomic E-state index is 12.6. The molecule has 1 unspecified atom stereocenters.